The Balaban J connectivity index is 2.53. The molecular weight excluding hydrogens is 262 g/mol. The molecule has 0 bridgehead atoms. The van der Waals surface area contributed by atoms with E-state index in [0.717, 1.165) is 11.0 Å². The lowest BCUT2D eigenvalue weighted by atomic mass is 9.99. The van der Waals surface area contributed by atoms with E-state index in [1.54, 1.807) is 18.3 Å². The maximum atomic E-state index is 9.51. The summed E-state index contributed by atoms with van der Waals surface area (Å²) in [5, 5.41) is 14.9. The average molecular weight is 278 g/mol. The van der Waals surface area contributed by atoms with E-state index in [2.05, 4.69) is 26.6 Å². The quantitative estimate of drug-likeness (QED) is 0.887. The second kappa shape index (κ2) is 4.75. The van der Waals surface area contributed by atoms with Crippen LogP contribution < -0.4 is 5.32 Å². The van der Waals surface area contributed by atoms with Crippen molar-refractivity contribution in [2.45, 2.75) is 39.0 Å². The topological polar surface area (TPSA) is 32.3 Å². The van der Waals surface area contributed by atoms with Crippen LogP contribution in [0.15, 0.2) is 15.9 Å². The first-order valence-corrected chi connectivity index (χ1v) is 6.25. The van der Waals surface area contributed by atoms with Gasteiger partial charge in [0.2, 0.25) is 0 Å². The van der Waals surface area contributed by atoms with Crippen LogP contribution in [0.5, 0.6) is 0 Å². The van der Waals surface area contributed by atoms with Crippen molar-refractivity contribution < 1.29 is 5.11 Å². The number of rotatable bonds is 4. The number of hydrogen-bond acceptors (Lipinski definition) is 3. The fraction of sp³-hybridized carbons (Fsp3) is 0.600. The molecule has 2 N–H and O–H groups in total. The van der Waals surface area contributed by atoms with Crippen molar-refractivity contribution in [1.29, 1.82) is 0 Å². The Labute approximate surface area is 97.5 Å². The van der Waals surface area contributed by atoms with E-state index < -0.39 is 0 Å². The first-order chi connectivity index (χ1) is 6.43. The van der Waals surface area contributed by atoms with Gasteiger partial charge in [0.15, 0.2) is 0 Å². The van der Waals surface area contributed by atoms with Crippen LogP contribution >= 0.6 is 27.3 Å². The minimum atomic E-state index is -0.360. The number of aliphatic hydroxyl groups is 1. The van der Waals surface area contributed by atoms with E-state index >= 15 is 0 Å². The van der Waals surface area contributed by atoms with Crippen molar-refractivity contribution >= 4 is 27.3 Å². The van der Waals surface area contributed by atoms with Crippen LogP contribution in [0.4, 0.5) is 0 Å². The largest absolute Gasteiger partial charge is 0.392 e. The lowest BCUT2D eigenvalue weighted by Crippen LogP contribution is -2.47. The van der Waals surface area contributed by atoms with Gasteiger partial charge in [-0.2, -0.15) is 0 Å². The van der Waals surface area contributed by atoms with Crippen LogP contribution in [0, 0.1) is 0 Å². The maximum absolute atomic E-state index is 9.51. The van der Waals surface area contributed by atoms with E-state index in [-0.39, 0.29) is 11.6 Å². The first kappa shape index (κ1) is 12.2. The molecule has 1 aromatic heterocycles. The van der Waals surface area contributed by atoms with Crippen LogP contribution in [0.3, 0.4) is 0 Å². The van der Waals surface area contributed by atoms with Crippen molar-refractivity contribution in [3.05, 3.63) is 20.8 Å². The highest BCUT2D eigenvalue weighted by atomic mass is 79.9. The third-order valence-electron chi connectivity index (χ3n) is 2.44. The summed E-state index contributed by atoms with van der Waals surface area (Å²) in [6.45, 7) is 6.59. The van der Waals surface area contributed by atoms with Crippen LogP contribution in [-0.2, 0) is 6.54 Å². The first-order valence-electron chi connectivity index (χ1n) is 4.58. The third kappa shape index (κ3) is 3.05. The zero-order valence-corrected chi connectivity index (χ0v) is 11.1. The predicted molar refractivity (Wildman–Crippen MR) is 64.6 cm³/mol. The number of aliphatic hydroxyl groups excluding tert-OH is 1. The summed E-state index contributed by atoms with van der Waals surface area (Å²) in [6.07, 6.45) is -0.360. The smallest absolute Gasteiger partial charge is 0.0688 e. The van der Waals surface area contributed by atoms with Crippen molar-refractivity contribution in [2.24, 2.45) is 0 Å². The number of thiophene rings is 1. The van der Waals surface area contributed by atoms with Gasteiger partial charge in [-0.1, -0.05) is 0 Å². The van der Waals surface area contributed by atoms with Gasteiger partial charge >= 0.3 is 0 Å². The van der Waals surface area contributed by atoms with Gasteiger partial charge in [0.25, 0.3) is 0 Å². The zero-order chi connectivity index (χ0) is 10.8. The molecule has 1 heterocycles. The van der Waals surface area contributed by atoms with Crippen molar-refractivity contribution in [3.8, 4) is 0 Å². The Bertz CT molecular complexity index is 296. The summed E-state index contributed by atoms with van der Waals surface area (Å²) >= 11 is 5.19. The Hall–Kier alpha value is 0.100. The van der Waals surface area contributed by atoms with E-state index in [4.69, 9.17) is 0 Å². The van der Waals surface area contributed by atoms with E-state index in [1.165, 1.54) is 4.88 Å². The molecule has 0 radical (unpaired) electrons. The molecule has 1 unspecified atom stereocenters. The second-order valence-electron chi connectivity index (χ2n) is 3.94. The number of halogens is 1. The molecule has 0 saturated heterocycles. The van der Waals surface area contributed by atoms with E-state index in [9.17, 15) is 5.11 Å². The molecule has 14 heavy (non-hydrogen) atoms. The SMILES string of the molecule is CC(O)C(C)(C)NCc1sccc1Br. The Morgan fingerprint density at radius 2 is 2.29 bits per heavy atom. The lowest BCUT2D eigenvalue weighted by molar-refractivity contribution is 0.0958. The normalized spacial score (nSPS) is 14.4. The second-order valence-corrected chi connectivity index (χ2v) is 5.80. The van der Waals surface area contributed by atoms with Crippen molar-refractivity contribution in [2.75, 3.05) is 0 Å². The van der Waals surface area contributed by atoms with Crippen LogP contribution in [-0.4, -0.2) is 16.7 Å². The third-order valence-corrected chi connectivity index (χ3v) is 4.37. The molecular formula is C10H16BrNOS. The van der Waals surface area contributed by atoms with Gasteiger partial charge < -0.3 is 10.4 Å². The molecule has 1 rings (SSSR count). The monoisotopic (exact) mass is 277 g/mol. The molecule has 0 aliphatic heterocycles. The van der Waals surface area contributed by atoms with Gasteiger partial charge in [0.05, 0.1) is 6.10 Å². The van der Waals surface area contributed by atoms with Gasteiger partial charge in [-0.3, -0.25) is 0 Å². The standard InChI is InChI=1S/C10H16BrNOS/c1-7(13)10(2,3)12-6-9-8(11)4-5-14-9/h4-5,7,12-13H,6H2,1-3H3. The van der Waals surface area contributed by atoms with Crippen molar-refractivity contribution in [1.82, 2.24) is 5.32 Å². The highest BCUT2D eigenvalue weighted by Gasteiger charge is 2.23. The molecule has 0 spiro atoms. The Morgan fingerprint density at radius 3 is 2.71 bits per heavy atom. The van der Waals surface area contributed by atoms with Gasteiger partial charge in [0.1, 0.15) is 0 Å². The molecule has 0 aromatic carbocycles. The summed E-state index contributed by atoms with van der Waals surface area (Å²) in [6, 6.07) is 2.04. The summed E-state index contributed by atoms with van der Waals surface area (Å²) in [4.78, 5) is 1.26. The van der Waals surface area contributed by atoms with Crippen molar-refractivity contribution in [3.63, 3.8) is 0 Å². The molecule has 0 aliphatic rings. The zero-order valence-electron chi connectivity index (χ0n) is 8.67. The molecule has 1 atom stereocenters. The highest BCUT2D eigenvalue weighted by Crippen LogP contribution is 2.23. The number of nitrogens with one attached hydrogen (secondary N) is 1. The summed E-state index contributed by atoms with van der Waals surface area (Å²) < 4.78 is 1.14. The molecule has 0 aliphatic carbocycles. The minimum absolute atomic E-state index is 0.247. The average Bonchev–Trinajstić information content (AvgIpc) is 2.47. The summed E-state index contributed by atoms with van der Waals surface area (Å²) in [5.41, 5.74) is -0.247. The molecule has 0 fully saturated rings. The van der Waals surface area contributed by atoms with Crippen LogP contribution in [0.25, 0.3) is 0 Å². The van der Waals surface area contributed by atoms with Gasteiger partial charge in [0, 0.05) is 21.4 Å². The number of hydrogen-bond donors (Lipinski definition) is 2. The Morgan fingerprint density at radius 1 is 1.64 bits per heavy atom. The molecule has 0 saturated carbocycles. The fourth-order valence-corrected chi connectivity index (χ4v) is 2.34. The van der Waals surface area contributed by atoms with Gasteiger partial charge in [-0.25, -0.2) is 0 Å². The van der Waals surface area contributed by atoms with Gasteiger partial charge in [-0.15, -0.1) is 11.3 Å². The van der Waals surface area contributed by atoms with E-state index in [1.807, 2.05) is 19.9 Å². The molecule has 1 aromatic rings. The van der Waals surface area contributed by atoms with Crippen LogP contribution in [0.2, 0.25) is 0 Å². The van der Waals surface area contributed by atoms with Crippen LogP contribution in [0.1, 0.15) is 25.6 Å². The molecule has 0 amide bonds. The molecule has 80 valence electrons. The summed E-state index contributed by atoms with van der Waals surface area (Å²) in [7, 11) is 0. The highest BCUT2D eigenvalue weighted by molar-refractivity contribution is 9.10. The Kier molecular flexibility index (Phi) is 4.13. The fourth-order valence-electron chi connectivity index (χ4n) is 0.907. The molecule has 4 heteroatoms. The van der Waals surface area contributed by atoms with Gasteiger partial charge in [-0.05, 0) is 48.1 Å². The predicted octanol–water partition coefficient (Wildman–Crippen LogP) is 2.76. The lowest BCUT2D eigenvalue weighted by Gasteiger charge is -2.29. The molecule has 2 nitrogen and oxygen atoms in total. The maximum Gasteiger partial charge on any atom is 0.0688 e. The van der Waals surface area contributed by atoms with E-state index in [0.29, 0.717) is 0 Å². The minimum Gasteiger partial charge on any atom is -0.392 e. The summed E-state index contributed by atoms with van der Waals surface area (Å²) in [5.74, 6) is 0.